The van der Waals surface area contributed by atoms with Crippen molar-refractivity contribution in [3.63, 3.8) is 0 Å². The molecule has 0 fully saturated rings. The summed E-state index contributed by atoms with van der Waals surface area (Å²) in [7, 11) is 0. The van der Waals surface area contributed by atoms with E-state index < -0.39 is 5.54 Å². The second kappa shape index (κ2) is 6.79. The molecule has 0 aliphatic carbocycles. The summed E-state index contributed by atoms with van der Waals surface area (Å²) in [6.45, 7) is 4.44. The van der Waals surface area contributed by atoms with Crippen LogP contribution in [0.2, 0.25) is 0 Å². The number of hydrogen-bond donors (Lipinski definition) is 3. The molecule has 0 bridgehead atoms. The summed E-state index contributed by atoms with van der Waals surface area (Å²) in [5.41, 5.74) is 4.87. The summed E-state index contributed by atoms with van der Waals surface area (Å²) in [6.07, 6.45) is 2.63. The van der Waals surface area contributed by atoms with Gasteiger partial charge in [0.1, 0.15) is 0 Å². The quantitative estimate of drug-likeness (QED) is 0.559. The molecule has 0 rings (SSSR count). The Kier molecular flexibility index (Phi) is 6.49. The maximum Gasteiger partial charge on any atom is 0.220 e. The molecule has 0 heterocycles. The average molecular weight is 202 g/mol. The zero-order chi connectivity index (χ0) is 11.0. The van der Waals surface area contributed by atoms with Gasteiger partial charge in [0.2, 0.25) is 5.91 Å². The van der Waals surface area contributed by atoms with Gasteiger partial charge in [-0.2, -0.15) is 0 Å². The first-order valence-corrected chi connectivity index (χ1v) is 5.26. The summed E-state index contributed by atoms with van der Waals surface area (Å²) in [4.78, 5) is 11.4. The van der Waals surface area contributed by atoms with Crippen LogP contribution in [0.25, 0.3) is 0 Å². The molecule has 0 atom stereocenters. The van der Waals surface area contributed by atoms with E-state index in [-0.39, 0.29) is 12.5 Å². The summed E-state index contributed by atoms with van der Waals surface area (Å²) in [6, 6.07) is 0. The first-order chi connectivity index (χ1) is 6.64. The first kappa shape index (κ1) is 13.4. The SMILES string of the molecule is CCC(CC)(CO)NC(=O)CCCN. The molecule has 4 heteroatoms. The second-order valence-corrected chi connectivity index (χ2v) is 3.59. The lowest BCUT2D eigenvalue weighted by Gasteiger charge is -2.30. The van der Waals surface area contributed by atoms with Crippen molar-refractivity contribution < 1.29 is 9.90 Å². The number of nitrogens with two attached hydrogens (primary N) is 1. The van der Waals surface area contributed by atoms with Gasteiger partial charge in [-0.1, -0.05) is 13.8 Å². The van der Waals surface area contributed by atoms with Crippen LogP contribution in [0.1, 0.15) is 39.5 Å². The third kappa shape index (κ3) is 4.07. The third-order valence-electron chi connectivity index (χ3n) is 2.67. The maximum atomic E-state index is 11.4. The summed E-state index contributed by atoms with van der Waals surface area (Å²) in [5, 5.41) is 12.1. The van der Waals surface area contributed by atoms with E-state index in [4.69, 9.17) is 5.73 Å². The fourth-order valence-corrected chi connectivity index (χ4v) is 1.31. The molecule has 4 N–H and O–H groups in total. The highest BCUT2D eigenvalue weighted by atomic mass is 16.3. The van der Waals surface area contributed by atoms with E-state index in [2.05, 4.69) is 5.32 Å². The van der Waals surface area contributed by atoms with Gasteiger partial charge in [-0.3, -0.25) is 4.79 Å². The van der Waals surface area contributed by atoms with Crippen molar-refractivity contribution in [3.8, 4) is 0 Å². The van der Waals surface area contributed by atoms with Crippen molar-refractivity contribution >= 4 is 5.91 Å². The number of carbonyl (C=O) groups excluding carboxylic acids is 1. The molecular weight excluding hydrogens is 180 g/mol. The molecule has 0 radical (unpaired) electrons. The molecule has 0 saturated heterocycles. The predicted octanol–water partition coefficient (Wildman–Crippen LogP) is 0.393. The minimum absolute atomic E-state index is 0.00559. The van der Waals surface area contributed by atoms with Gasteiger partial charge >= 0.3 is 0 Å². The number of nitrogens with one attached hydrogen (secondary N) is 1. The van der Waals surface area contributed by atoms with Gasteiger partial charge < -0.3 is 16.2 Å². The second-order valence-electron chi connectivity index (χ2n) is 3.59. The molecule has 0 unspecified atom stereocenters. The van der Waals surface area contributed by atoms with Crippen LogP contribution in [0.3, 0.4) is 0 Å². The molecule has 0 spiro atoms. The molecule has 0 aromatic heterocycles. The number of rotatable bonds is 7. The molecule has 14 heavy (non-hydrogen) atoms. The van der Waals surface area contributed by atoms with Gasteiger partial charge in [0.05, 0.1) is 12.1 Å². The highest BCUT2D eigenvalue weighted by Gasteiger charge is 2.26. The van der Waals surface area contributed by atoms with Crippen LogP contribution < -0.4 is 11.1 Å². The summed E-state index contributed by atoms with van der Waals surface area (Å²) < 4.78 is 0. The smallest absolute Gasteiger partial charge is 0.220 e. The largest absolute Gasteiger partial charge is 0.394 e. The molecule has 0 aliphatic rings. The lowest BCUT2D eigenvalue weighted by atomic mass is 9.93. The van der Waals surface area contributed by atoms with Crippen LogP contribution in [-0.4, -0.2) is 29.7 Å². The number of carbonyl (C=O) groups is 1. The van der Waals surface area contributed by atoms with Crippen LogP contribution in [0.15, 0.2) is 0 Å². The lowest BCUT2D eigenvalue weighted by molar-refractivity contribution is -0.123. The monoisotopic (exact) mass is 202 g/mol. The Hall–Kier alpha value is -0.610. The zero-order valence-electron chi connectivity index (χ0n) is 9.18. The van der Waals surface area contributed by atoms with Gasteiger partial charge in [-0.25, -0.2) is 0 Å². The minimum Gasteiger partial charge on any atom is -0.394 e. The van der Waals surface area contributed by atoms with Crippen LogP contribution >= 0.6 is 0 Å². The van der Waals surface area contributed by atoms with Crippen molar-refractivity contribution in [2.75, 3.05) is 13.2 Å². The Balaban J connectivity index is 4.08. The van der Waals surface area contributed by atoms with E-state index in [0.717, 1.165) is 12.8 Å². The third-order valence-corrected chi connectivity index (χ3v) is 2.67. The standard InChI is InChI=1S/C10H22N2O2/c1-3-10(4-2,8-13)12-9(14)6-5-7-11/h13H,3-8,11H2,1-2H3,(H,12,14). The normalized spacial score (nSPS) is 11.4. The van der Waals surface area contributed by atoms with Crippen LogP contribution in [0.4, 0.5) is 0 Å². The molecular formula is C10H22N2O2. The first-order valence-electron chi connectivity index (χ1n) is 5.26. The van der Waals surface area contributed by atoms with Crippen molar-refractivity contribution in [1.82, 2.24) is 5.32 Å². The Morgan fingerprint density at radius 1 is 1.43 bits per heavy atom. The highest BCUT2D eigenvalue weighted by molar-refractivity contribution is 5.76. The fraction of sp³-hybridized carbons (Fsp3) is 0.900. The van der Waals surface area contributed by atoms with Gasteiger partial charge in [0.25, 0.3) is 0 Å². The van der Waals surface area contributed by atoms with Crippen molar-refractivity contribution in [1.29, 1.82) is 0 Å². The van der Waals surface area contributed by atoms with Gasteiger partial charge in [0.15, 0.2) is 0 Å². The Bertz CT molecular complexity index is 159. The van der Waals surface area contributed by atoms with E-state index in [1.54, 1.807) is 0 Å². The van der Waals surface area contributed by atoms with E-state index in [1.807, 2.05) is 13.8 Å². The molecule has 84 valence electrons. The van der Waals surface area contributed by atoms with Gasteiger partial charge in [-0.05, 0) is 25.8 Å². The van der Waals surface area contributed by atoms with Crippen molar-refractivity contribution in [3.05, 3.63) is 0 Å². The Morgan fingerprint density at radius 3 is 2.36 bits per heavy atom. The average Bonchev–Trinajstić information content (AvgIpc) is 2.23. The van der Waals surface area contributed by atoms with Gasteiger partial charge in [-0.15, -0.1) is 0 Å². The number of aliphatic hydroxyl groups is 1. The molecule has 0 saturated carbocycles. The Morgan fingerprint density at radius 2 is 2.00 bits per heavy atom. The van der Waals surface area contributed by atoms with E-state index in [1.165, 1.54) is 0 Å². The number of aliphatic hydroxyl groups excluding tert-OH is 1. The topological polar surface area (TPSA) is 75.3 Å². The zero-order valence-corrected chi connectivity index (χ0v) is 9.18. The van der Waals surface area contributed by atoms with E-state index >= 15 is 0 Å². The summed E-state index contributed by atoms with van der Waals surface area (Å²) >= 11 is 0. The molecule has 4 nitrogen and oxygen atoms in total. The predicted molar refractivity (Wildman–Crippen MR) is 56.8 cm³/mol. The maximum absolute atomic E-state index is 11.4. The minimum atomic E-state index is -0.439. The van der Waals surface area contributed by atoms with Crippen LogP contribution in [-0.2, 0) is 4.79 Å². The molecule has 0 aromatic rings. The molecule has 0 aromatic carbocycles. The Labute approximate surface area is 85.9 Å². The van der Waals surface area contributed by atoms with Crippen molar-refractivity contribution in [2.45, 2.75) is 45.1 Å². The molecule has 0 aliphatic heterocycles. The van der Waals surface area contributed by atoms with E-state index in [9.17, 15) is 9.90 Å². The summed E-state index contributed by atoms with van der Waals surface area (Å²) in [5.74, 6) is -0.0202. The fourth-order valence-electron chi connectivity index (χ4n) is 1.31. The number of hydrogen-bond acceptors (Lipinski definition) is 3. The highest BCUT2D eigenvalue weighted by Crippen LogP contribution is 2.14. The number of amides is 1. The van der Waals surface area contributed by atoms with Gasteiger partial charge in [0, 0.05) is 6.42 Å². The van der Waals surface area contributed by atoms with E-state index in [0.29, 0.717) is 19.4 Å². The van der Waals surface area contributed by atoms with Crippen molar-refractivity contribution in [2.24, 2.45) is 5.73 Å². The van der Waals surface area contributed by atoms with Crippen LogP contribution in [0.5, 0.6) is 0 Å². The van der Waals surface area contributed by atoms with Crippen LogP contribution in [0, 0.1) is 0 Å². The molecule has 1 amide bonds. The lowest BCUT2D eigenvalue weighted by Crippen LogP contribution is -2.50.